The van der Waals surface area contributed by atoms with Gasteiger partial charge in [-0.2, -0.15) is 0 Å². The maximum absolute atomic E-state index is 13.8. The number of hydrogen-bond acceptors (Lipinski definition) is 20. The van der Waals surface area contributed by atoms with Crippen molar-refractivity contribution in [3.8, 4) is 69.0 Å². The van der Waals surface area contributed by atoms with Gasteiger partial charge in [-0.15, -0.1) is 0 Å². The first-order valence-corrected chi connectivity index (χ1v) is 45.2. The summed E-state index contributed by atoms with van der Waals surface area (Å²) in [7, 11) is 5.21. The molecule has 134 heavy (non-hydrogen) atoms. The van der Waals surface area contributed by atoms with E-state index in [2.05, 4.69) is 48.5 Å². The lowest BCUT2D eigenvalue weighted by Crippen LogP contribution is -2.42. The fourth-order valence-electron chi connectivity index (χ4n) is 20.4. The van der Waals surface area contributed by atoms with E-state index in [0.717, 1.165) is 111 Å². The number of ether oxygens (including phenoxy) is 8. The number of methoxy groups -OCH3 is 4. The highest BCUT2D eigenvalue weighted by molar-refractivity contribution is 5.75. The molecule has 1 saturated carbocycles. The van der Waals surface area contributed by atoms with Crippen molar-refractivity contribution in [2.24, 2.45) is 0 Å². The SMILES string of the molecule is COC(=O)COc1c(C)cc(C2(c3cc(C)c(OCC(=O)OC)c(C(c4cc(C)c(O)cc4C)c4cc(C)c(O)cc4C)c3)CCC(c3cc(C)c(OCC(=O)OC)c(C(c4cc(C)c(O)cc4C)c4cc(C)c(O)cc4C)c3)(c3cc(C)c(OCC(=O)OC)c(C(c4cc(C)c(O)cc4C)c4cc(C)c(O)cc4C)c3)CC2)cc1C(c1cc(C)c(O)cc1C)c1cc(C)c(O)cc1C. The van der Waals surface area contributed by atoms with Gasteiger partial charge in [0, 0.05) is 56.8 Å². The summed E-state index contributed by atoms with van der Waals surface area (Å²) >= 11 is 0. The van der Waals surface area contributed by atoms with Crippen LogP contribution in [0.1, 0.15) is 250 Å². The van der Waals surface area contributed by atoms with Crippen LogP contribution in [0, 0.1) is 138 Å². The lowest BCUT2D eigenvalue weighted by molar-refractivity contribution is -0.143. The Bertz CT molecular complexity index is 5660. The topological polar surface area (TPSA) is 304 Å². The van der Waals surface area contributed by atoms with Crippen LogP contribution in [0.15, 0.2) is 146 Å². The molecule has 8 N–H and O–H groups in total. The molecule has 0 spiro atoms. The summed E-state index contributed by atoms with van der Waals surface area (Å²) in [6.45, 7) is 36.1. The van der Waals surface area contributed by atoms with Crippen LogP contribution in [-0.4, -0.2) is 120 Å². The van der Waals surface area contributed by atoms with Gasteiger partial charge in [-0.3, -0.25) is 0 Å². The average Bonchev–Trinajstić information content (AvgIpc) is 0.707. The molecule has 1 aliphatic rings. The predicted octanol–water partition coefficient (Wildman–Crippen LogP) is 22.3. The minimum absolute atomic E-state index is 0.0776. The molecule has 20 nitrogen and oxygen atoms in total. The Morgan fingerprint density at radius 1 is 0.209 bits per heavy atom. The summed E-state index contributed by atoms with van der Waals surface area (Å²) < 4.78 is 49.2. The second-order valence-electron chi connectivity index (χ2n) is 37.2. The summed E-state index contributed by atoms with van der Waals surface area (Å²) in [4.78, 5) is 55.4. The summed E-state index contributed by atoms with van der Waals surface area (Å²) in [6, 6.07) is 47.0. The monoisotopic (exact) mass is 1810 g/mol. The third-order valence-corrected chi connectivity index (χ3v) is 28.0. The highest BCUT2D eigenvalue weighted by atomic mass is 16.6. The molecule has 0 amide bonds. The smallest absolute Gasteiger partial charge is 0.343 e. The number of esters is 4. The first kappa shape index (κ1) is 97.6. The number of carbonyl (C=O) groups excluding carboxylic acids is 4. The van der Waals surface area contributed by atoms with Gasteiger partial charge in [0.2, 0.25) is 0 Å². The standard InChI is InChI=1S/C114H124O20/c1-57-41-93(115)65(9)33-81(57)105(82-34-66(10)94(116)42-58(82)2)89-49-77(29-73(17)109(89)131-53-101(123)127-21)113(78-30-74(18)110(132-54-102(124)128-22)90(50-78)106(83-35-67(11)95(117)43-59(83)3)84-36-68(12)96(118)44-60(84)4)25-27-114(28-26-113,79-31-75(19)111(133-55-103(125)129-23)91(51-79)107(85-37-69(13)97(119)45-61(85)5)86-38-70(14)98(120)46-62(86)6)80-32-76(20)112(134-56-104(126)130-24)92(52-80)108(87-39-71(15)99(121)47-63(87)7)88-40-72(16)100(122)48-64(88)8/h29-52,105-108,115-122H,25-28,53-56H2,1-24H3. The largest absolute Gasteiger partial charge is 0.508 e. The molecule has 0 radical (unpaired) electrons. The van der Waals surface area contributed by atoms with E-state index >= 15 is 0 Å². The van der Waals surface area contributed by atoms with Crippen LogP contribution in [0.4, 0.5) is 0 Å². The Morgan fingerprint density at radius 3 is 0.485 bits per heavy atom. The third kappa shape index (κ3) is 19.0. The van der Waals surface area contributed by atoms with E-state index in [1.165, 1.54) is 28.4 Å². The number of benzene rings is 12. The molecule has 0 unspecified atom stereocenters. The van der Waals surface area contributed by atoms with E-state index in [9.17, 15) is 60.0 Å². The zero-order chi connectivity index (χ0) is 97.6. The quantitative estimate of drug-likeness (QED) is 0.0128. The Hall–Kier alpha value is -13.9. The van der Waals surface area contributed by atoms with Crippen LogP contribution in [0.25, 0.3) is 0 Å². The number of aryl methyl sites for hydroxylation is 20. The summed E-state index contributed by atoms with van der Waals surface area (Å²) in [6.07, 6.45) is 1.07. The summed E-state index contributed by atoms with van der Waals surface area (Å²) in [5.41, 5.74) is 22.6. The van der Waals surface area contributed by atoms with Crippen LogP contribution in [0.2, 0.25) is 0 Å². The first-order valence-electron chi connectivity index (χ1n) is 45.2. The van der Waals surface area contributed by atoms with Gasteiger partial charge in [-0.05, 0) is 391 Å². The lowest BCUT2D eigenvalue weighted by Gasteiger charge is -2.49. The van der Waals surface area contributed by atoms with E-state index in [-0.39, 0.29) is 71.7 Å². The molecule has 12 aromatic carbocycles. The molecular weight excluding hydrogens is 1690 g/mol. The van der Waals surface area contributed by atoms with E-state index in [0.29, 0.717) is 112 Å². The second-order valence-corrected chi connectivity index (χ2v) is 37.2. The molecule has 12 aromatic rings. The van der Waals surface area contributed by atoms with Gasteiger partial charge in [0.05, 0.1) is 28.4 Å². The number of aromatic hydroxyl groups is 8. The first-order chi connectivity index (χ1) is 63.4. The molecule has 700 valence electrons. The minimum atomic E-state index is -1.20. The molecule has 1 aliphatic carbocycles. The Kier molecular flexibility index (Phi) is 28.5. The highest BCUT2D eigenvalue weighted by Crippen LogP contribution is 2.61. The molecule has 0 aliphatic heterocycles. The molecule has 0 heterocycles. The van der Waals surface area contributed by atoms with E-state index in [1.54, 1.807) is 48.5 Å². The highest BCUT2D eigenvalue weighted by Gasteiger charge is 2.50. The third-order valence-electron chi connectivity index (χ3n) is 28.0. The summed E-state index contributed by atoms with van der Waals surface area (Å²) in [5.74, 6) is -3.50. The molecule has 0 bridgehead atoms. The Labute approximate surface area is 785 Å². The van der Waals surface area contributed by atoms with Gasteiger partial charge < -0.3 is 78.7 Å². The van der Waals surface area contributed by atoms with Gasteiger partial charge in [-0.1, -0.05) is 97.1 Å². The Balaban J connectivity index is 1.25. The molecular formula is C114H124O20. The zero-order valence-electron chi connectivity index (χ0n) is 81.3. The maximum Gasteiger partial charge on any atom is 0.343 e. The molecule has 0 saturated heterocycles. The lowest BCUT2D eigenvalue weighted by atomic mass is 9.54. The number of carbonyl (C=O) groups is 4. The van der Waals surface area contributed by atoms with Crippen LogP contribution >= 0.6 is 0 Å². The average molecular weight is 1810 g/mol. The Morgan fingerprint density at radius 2 is 0.351 bits per heavy atom. The van der Waals surface area contributed by atoms with Crippen molar-refractivity contribution in [1.82, 2.24) is 0 Å². The fraction of sp³-hybridized carbons (Fsp3) is 0.333. The van der Waals surface area contributed by atoms with Gasteiger partial charge in [0.15, 0.2) is 26.4 Å². The van der Waals surface area contributed by atoms with Crippen molar-refractivity contribution in [3.05, 3.63) is 346 Å². The predicted molar refractivity (Wildman–Crippen MR) is 519 cm³/mol. The van der Waals surface area contributed by atoms with Crippen LogP contribution in [-0.2, 0) is 49.0 Å². The van der Waals surface area contributed by atoms with Crippen molar-refractivity contribution < 1.29 is 97.9 Å². The van der Waals surface area contributed by atoms with Crippen molar-refractivity contribution >= 4 is 23.9 Å². The fourth-order valence-corrected chi connectivity index (χ4v) is 20.4. The number of phenols is 8. The number of phenolic OH excluding ortho intramolecular Hbond substituents is 8. The van der Waals surface area contributed by atoms with Crippen LogP contribution in [0.3, 0.4) is 0 Å². The van der Waals surface area contributed by atoms with Gasteiger partial charge in [0.1, 0.15) is 69.0 Å². The van der Waals surface area contributed by atoms with Crippen molar-refractivity contribution in [2.75, 3.05) is 54.9 Å². The molecule has 0 aromatic heterocycles. The van der Waals surface area contributed by atoms with Gasteiger partial charge >= 0.3 is 23.9 Å². The summed E-state index contributed by atoms with van der Waals surface area (Å²) in [5, 5.41) is 93.4. The molecule has 0 atom stereocenters. The normalized spacial score (nSPS) is 12.9. The minimum Gasteiger partial charge on any atom is -0.508 e. The second kappa shape index (κ2) is 39.1. The van der Waals surface area contributed by atoms with Crippen LogP contribution in [0.5, 0.6) is 69.0 Å². The number of rotatable bonds is 28. The molecule has 20 heteroatoms. The molecule has 1 fully saturated rings. The number of hydrogen-bond donors (Lipinski definition) is 8. The van der Waals surface area contributed by atoms with Crippen molar-refractivity contribution in [2.45, 2.75) is 199 Å². The van der Waals surface area contributed by atoms with E-state index in [1.807, 2.05) is 187 Å². The van der Waals surface area contributed by atoms with Crippen molar-refractivity contribution in [3.63, 3.8) is 0 Å². The zero-order valence-corrected chi connectivity index (χ0v) is 81.3. The van der Waals surface area contributed by atoms with E-state index < -0.39 is 84.8 Å². The van der Waals surface area contributed by atoms with Crippen LogP contribution < -0.4 is 18.9 Å². The van der Waals surface area contributed by atoms with Gasteiger partial charge in [0.25, 0.3) is 0 Å². The van der Waals surface area contributed by atoms with Gasteiger partial charge in [-0.25, -0.2) is 19.2 Å². The van der Waals surface area contributed by atoms with Crippen molar-refractivity contribution in [1.29, 1.82) is 0 Å². The van der Waals surface area contributed by atoms with E-state index in [4.69, 9.17) is 37.9 Å². The maximum atomic E-state index is 13.8. The molecule has 13 rings (SSSR count).